The number of anilines is 1. The topological polar surface area (TPSA) is 55.4 Å². The molecule has 26 heavy (non-hydrogen) atoms. The van der Waals surface area contributed by atoms with Crippen LogP contribution < -0.4 is 5.32 Å². The Bertz CT molecular complexity index is 728. The summed E-state index contributed by atoms with van der Waals surface area (Å²) in [4.78, 5) is 24.8. The average molecular weight is 372 g/mol. The van der Waals surface area contributed by atoms with E-state index in [-0.39, 0.29) is 18.3 Å². The summed E-state index contributed by atoms with van der Waals surface area (Å²) in [6, 6.07) is 15.6. The van der Waals surface area contributed by atoms with Crippen molar-refractivity contribution in [3.63, 3.8) is 0 Å². The van der Waals surface area contributed by atoms with Crippen molar-refractivity contribution in [1.82, 2.24) is 0 Å². The molecule has 0 spiro atoms. The number of benzene rings is 2. The Balaban J connectivity index is 1.70. The van der Waals surface area contributed by atoms with Gasteiger partial charge in [-0.25, -0.2) is 0 Å². The van der Waals surface area contributed by atoms with Gasteiger partial charge in [0.25, 0.3) is 5.91 Å². The first-order valence-electron chi connectivity index (χ1n) is 8.81. The molecule has 138 valence electrons. The van der Waals surface area contributed by atoms with Crippen LogP contribution in [-0.4, -0.2) is 24.2 Å². The third-order valence-electron chi connectivity index (χ3n) is 3.86. The lowest BCUT2D eigenvalue weighted by atomic mass is 10.1. The molecule has 0 saturated heterocycles. The van der Waals surface area contributed by atoms with Crippen molar-refractivity contribution in [2.45, 2.75) is 38.0 Å². The summed E-state index contributed by atoms with van der Waals surface area (Å²) >= 11 is 1.41. The normalized spacial score (nSPS) is 10.4. The molecular weight excluding hydrogens is 346 g/mol. The largest absolute Gasteiger partial charge is 0.455 e. The monoisotopic (exact) mass is 371 g/mol. The molecule has 0 fully saturated rings. The number of carbonyl (C=O) groups excluding carboxylic acids is 2. The Morgan fingerprint density at radius 3 is 2.50 bits per heavy atom. The summed E-state index contributed by atoms with van der Waals surface area (Å²) in [6.45, 7) is 3.88. The van der Waals surface area contributed by atoms with Crippen LogP contribution in [0.3, 0.4) is 0 Å². The lowest BCUT2D eigenvalue weighted by Crippen LogP contribution is -2.21. The van der Waals surface area contributed by atoms with Gasteiger partial charge < -0.3 is 10.1 Å². The van der Waals surface area contributed by atoms with E-state index < -0.39 is 5.97 Å². The first kappa shape index (κ1) is 20.0. The maximum absolute atomic E-state index is 11.9. The van der Waals surface area contributed by atoms with E-state index >= 15 is 0 Å². The molecule has 0 heterocycles. The van der Waals surface area contributed by atoms with Crippen LogP contribution in [0, 0.1) is 6.92 Å². The van der Waals surface area contributed by atoms with E-state index in [2.05, 4.69) is 12.2 Å². The number of aryl methyl sites for hydroxylation is 2. The van der Waals surface area contributed by atoms with Gasteiger partial charge >= 0.3 is 5.97 Å². The van der Waals surface area contributed by atoms with Crippen molar-refractivity contribution in [3.8, 4) is 0 Å². The first-order valence-corrected chi connectivity index (χ1v) is 9.80. The van der Waals surface area contributed by atoms with E-state index in [9.17, 15) is 9.59 Å². The van der Waals surface area contributed by atoms with Crippen LogP contribution in [0.1, 0.15) is 30.9 Å². The fourth-order valence-electron chi connectivity index (χ4n) is 2.38. The zero-order valence-electron chi connectivity index (χ0n) is 15.3. The first-order chi connectivity index (χ1) is 12.6. The van der Waals surface area contributed by atoms with Gasteiger partial charge in [-0.1, -0.05) is 43.7 Å². The summed E-state index contributed by atoms with van der Waals surface area (Å²) < 4.78 is 5.04. The van der Waals surface area contributed by atoms with Crippen molar-refractivity contribution < 1.29 is 14.3 Å². The predicted octanol–water partition coefficient (Wildman–Crippen LogP) is 4.61. The number of amides is 1. The third-order valence-corrected chi connectivity index (χ3v) is 5.01. The highest BCUT2D eigenvalue weighted by molar-refractivity contribution is 8.00. The smallest absolute Gasteiger partial charge is 0.316 e. The van der Waals surface area contributed by atoms with Crippen molar-refractivity contribution in [1.29, 1.82) is 0 Å². The number of ether oxygens (including phenoxy) is 1. The maximum Gasteiger partial charge on any atom is 0.316 e. The maximum atomic E-state index is 11.9. The molecule has 2 aromatic rings. The Morgan fingerprint density at radius 2 is 1.81 bits per heavy atom. The Kier molecular flexibility index (Phi) is 8.22. The molecule has 0 aliphatic rings. The number of thioether (sulfide) groups is 1. The van der Waals surface area contributed by atoms with Gasteiger partial charge in [-0.2, -0.15) is 0 Å². The molecule has 0 unspecified atom stereocenters. The molecule has 4 nitrogen and oxygen atoms in total. The van der Waals surface area contributed by atoms with Gasteiger partial charge in [0.1, 0.15) is 0 Å². The summed E-state index contributed by atoms with van der Waals surface area (Å²) in [7, 11) is 0. The van der Waals surface area contributed by atoms with Crippen molar-refractivity contribution in [2.24, 2.45) is 0 Å². The van der Waals surface area contributed by atoms with E-state index in [1.807, 2.05) is 55.5 Å². The molecule has 0 radical (unpaired) electrons. The molecule has 0 aromatic heterocycles. The third kappa shape index (κ3) is 6.92. The SMILES string of the molecule is CCCCc1ccc(NC(=O)COC(=O)CSc2ccccc2C)cc1. The van der Waals surface area contributed by atoms with E-state index in [0.717, 1.165) is 29.7 Å². The van der Waals surface area contributed by atoms with Crippen LogP contribution in [0.25, 0.3) is 0 Å². The number of hydrogen-bond donors (Lipinski definition) is 1. The highest BCUT2D eigenvalue weighted by Gasteiger charge is 2.09. The van der Waals surface area contributed by atoms with Crippen LogP contribution >= 0.6 is 11.8 Å². The van der Waals surface area contributed by atoms with Crippen LogP contribution in [0.2, 0.25) is 0 Å². The summed E-state index contributed by atoms with van der Waals surface area (Å²) in [6.07, 6.45) is 3.36. The molecule has 0 atom stereocenters. The molecule has 1 amide bonds. The Morgan fingerprint density at radius 1 is 1.08 bits per heavy atom. The van der Waals surface area contributed by atoms with Crippen LogP contribution in [0.5, 0.6) is 0 Å². The fourth-order valence-corrected chi connectivity index (χ4v) is 3.20. The van der Waals surface area contributed by atoms with Crippen LogP contribution in [-0.2, 0) is 20.7 Å². The quantitative estimate of drug-likeness (QED) is 0.516. The zero-order valence-corrected chi connectivity index (χ0v) is 16.1. The van der Waals surface area contributed by atoms with Gasteiger partial charge in [-0.05, 0) is 49.1 Å². The minimum absolute atomic E-state index is 0.185. The van der Waals surface area contributed by atoms with Crippen molar-refractivity contribution in [2.75, 3.05) is 17.7 Å². The lowest BCUT2D eigenvalue weighted by Gasteiger charge is -2.08. The molecule has 5 heteroatoms. The van der Waals surface area contributed by atoms with Gasteiger partial charge in [0.15, 0.2) is 6.61 Å². The molecule has 0 aliphatic carbocycles. The molecular formula is C21H25NO3S. The molecule has 2 rings (SSSR count). The zero-order chi connectivity index (χ0) is 18.8. The number of hydrogen-bond acceptors (Lipinski definition) is 4. The molecule has 2 aromatic carbocycles. The predicted molar refractivity (Wildman–Crippen MR) is 107 cm³/mol. The van der Waals surface area contributed by atoms with Crippen LogP contribution in [0.4, 0.5) is 5.69 Å². The van der Waals surface area contributed by atoms with Gasteiger partial charge in [0.05, 0.1) is 5.75 Å². The Labute approximate surface area is 159 Å². The van der Waals surface area contributed by atoms with E-state index in [4.69, 9.17) is 4.74 Å². The van der Waals surface area contributed by atoms with Gasteiger partial charge in [0, 0.05) is 10.6 Å². The second kappa shape index (κ2) is 10.7. The summed E-state index contributed by atoms with van der Waals surface area (Å²) in [5, 5.41) is 2.74. The van der Waals surface area contributed by atoms with Crippen LogP contribution in [0.15, 0.2) is 53.4 Å². The second-order valence-electron chi connectivity index (χ2n) is 6.06. The minimum Gasteiger partial charge on any atom is -0.455 e. The van der Waals surface area contributed by atoms with Gasteiger partial charge in [0.2, 0.25) is 0 Å². The van der Waals surface area contributed by atoms with E-state index in [1.165, 1.54) is 17.3 Å². The standard InChI is InChI=1S/C21H25NO3S/c1-3-4-8-17-10-12-18(13-11-17)22-20(23)14-25-21(24)15-26-19-9-6-5-7-16(19)2/h5-7,9-13H,3-4,8,14-15H2,1-2H3,(H,22,23). The summed E-state index contributed by atoms with van der Waals surface area (Å²) in [5.41, 5.74) is 3.08. The minimum atomic E-state index is -0.400. The van der Waals surface area contributed by atoms with Gasteiger partial charge in [-0.15, -0.1) is 11.8 Å². The van der Waals surface area contributed by atoms with Gasteiger partial charge in [-0.3, -0.25) is 9.59 Å². The highest BCUT2D eigenvalue weighted by atomic mass is 32.2. The Hall–Kier alpha value is -2.27. The molecule has 0 saturated carbocycles. The van der Waals surface area contributed by atoms with Crippen molar-refractivity contribution >= 4 is 29.3 Å². The number of carbonyl (C=O) groups is 2. The number of rotatable bonds is 9. The second-order valence-corrected chi connectivity index (χ2v) is 7.08. The van der Waals surface area contributed by atoms with Crippen molar-refractivity contribution in [3.05, 3.63) is 59.7 Å². The number of esters is 1. The van der Waals surface area contributed by atoms with E-state index in [0.29, 0.717) is 5.69 Å². The average Bonchev–Trinajstić information content (AvgIpc) is 2.65. The van der Waals surface area contributed by atoms with E-state index in [1.54, 1.807) is 0 Å². The summed E-state index contributed by atoms with van der Waals surface area (Å²) in [5.74, 6) is -0.548. The molecule has 1 N–H and O–H groups in total. The number of unbranched alkanes of at least 4 members (excludes halogenated alkanes) is 1. The fraction of sp³-hybridized carbons (Fsp3) is 0.333. The molecule has 0 aliphatic heterocycles. The highest BCUT2D eigenvalue weighted by Crippen LogP contribution is 2.21. The molecule has 0 bridgehead atoms. The lowest BCUT2D eigenvalue weighted by molar-refractivity contribution is -0.144. The number of nitrogens with one attached hydrogen (secondary N) is 1.